The molecule has 0 radical (unpaired) electrons. The Morgan fingerprint density at radius 2 is 1.52 bits per heavy atom. The molecule has 6 aliphatic rings. The molecule has 0 aromatic heterocycles. The zero-order valence-electron chi connectivity index (χ0n) is 16.3. The summed E-state index contributed by atoms with van der Waals surface area (Å²) >= 11 is 0. The number of hydrogen-bond donors (Lipinski definition) is 1. The van der Waals surface area contributed by atoms with Gasteiger partial charge < -0.3 is 19.9 Å². The lowest BCUT2D eigenvalue weighted by Gasteiger charge is -2.57. The monoisotopic (exact) mass is 375 g/mol. The highest BCUT2D eigenvalue weighted by Gasteiger charge is 2.55. The first-order chi connectivity index (χ1) is 13.1. The van der Waals surface area contributed by atoms with Crippen molar-refractivity contribution < 1.29 is 14.3 Å². The van der Waals surface area contributed by atoms with Crippen LogP contribution in [0.2, 0.25) is 0 Å². The molecule has 2 heterocycles. The van der Waals surface area contributed by atoms with Gasteiger partial charge in [-0.3, -0.25) is 9.59 Å². The molecule has 1 unspecified atom stereocenters. The van der Waals surface area contributed by atoms with Crippen molar-refractivity contribution in [2.75, 3.05) is 45.9 Å². The van der Waals surface area contributed by atoms with Crippen LogP contribution in [-0.4, -0.2) is 73.6 Å². The van der Waals surface area contributed by atoms with Gasteiger partial charge in [0.1, 0.15) is 0 Å². The summed E-state index contributed by atoms with van der Waals surface area (Å²) in [5.74, 6) is 3.01. The molecule has 6 fully saturated rings. The maximum atomic E-state index is 13.4. The van der Waals surface area contributed by atoms with Gasteiger partial charge in [-0.15, -0.1) is 0 Å². The Hall–Kier alpha value is -1.14. The lowest BCUT2D eigenvalue weighted by molar-refractivity contribution is -0.160. The van der Waals surface area contributed by atoms with Crippen LogP contribution in [0.3, 0.4) is 0 Å². The van der Waals surface area contributed by atoms with Gasteiger partial charge in [-0.25, -0.2) is 0 Å². The number of ether oxygens (including phenoxy) is 1. The van der Waals surface area contributed by atoms with Crippen molar-refractivity contribution in [1.82, 2.24) is 15.1 Å². The van der Waals surface area contributed by atoms with Crippen molar-refractivity contribution >= 4 is 11.8 Å². The Balaban J connectivity index is 1.16. The largest absolute Gasteiger partial charge is 0.378 e. The summed E-state index contributed by atoms with van der Waals surface area (Å²) in [5.41, 5.74) is -0.0513. The highest BCUT2D eigenvalue weighted by atomic mass is 16.5. The topological polar surface area (TPSA) is 61.9 Å². The average Bonchev–Trinajstić information content (AvgIpc) is 2.67. The standard InChI is InChI=1S/C21H33N3O3/c25-19(10-18-14-27-6-1-22-18)23-2-4-24(5-3-23)20(26)21-11-15-7-16(12-21)9-17(8-15)13-21/h15-18,22H,1-14H2. The van der Waals surface area contributed by atoms with Crippen molar-refractivity contribution in [3.8, 4) is 0 Å². The van der Waals surface area contributed by atoms with E-state index in [4.69, 9.17) is 4.74 Å². The van der Waals surface area contributed by atoms with Crippen LogP contribution in [0.4, 0.5) is 0 Å². The zero-order chi connectivity index (χ0) is 18.4. The third-order valence-electron chi connectivity index (χ3n) is 7.83. The van der Waals surface area contributed by atoms with Crippen LogP contribution < -0.4 is 5.32 Å². The van der Waals surface area contributed by atoms with E-state index in [1.165, 1.54) is 19.3 Å². The van der Waals surface area contributed by atoms with Gasteiger partial charge >= 0.3 is 0 Å². The summed E-state index contributed by atoms with van der Waals surface area (Å²) in [5, 5.41) is 3.35. The van der Waals surface area contributed by atoms with E-state index in [1.807, 2.05) is 4.90 Å². The first-order valence-corrected chi connectivity index (χ1v) is 11.0. The summed E-state index contributed by atoms with van der Waals surface area (Å²) in [7, 11) is 0. The van der Waals surface area contributed by atoms with Crippen LogP contribution in [0.15, 0.2) is 0 Å². The summed E-state index contributed by atoms with van der Waals surface area (Å²) in [6, 6.07) is 0.137. The van der Waals surface area contributed by atoms with Gasteiger partial charge in [-0.2, -0.15) is 0 Å². The Labute approximate surface area is 162 Å². The van der Waals surface area contributed by atoms with Gasteiger partial charge in [-0.1, -0.05) is 0 Å². The lowest BCUT2D eigenvalue weighted by Crippen LogP contribution is -2.59. The quantitative estimate of drug-likeness (QED) is 0.807. The van der Waals surface area contributed by atoms with Crippen molar-refractivity contribution in [2.45, 2.75) is 51.0 Å². The highest BCUT2D eigenvalue weighted by molar-refractivity contribution is 5.84. The second-order valence-corrected chi connectivity index (χ2v) is 9.80. The molecule has 2 amide bonds. The van der Waals surface area contributed by atoms with Gasteiger partial charge in [0.15, 0.2) is 0 Å². The average molecular weight is 376 g/mol. The molecule has 6 heteroatoms. The molecular weight excluding hydrogens is 342 g/mol. The summed E-state index contributed by atoms with van der Waals surface area (Å²) in [4.78, 5) is 30.1. The number of rotatable bonds is 3. The Kier molecular flexibility index (Phi) is 4.67. The van der Waals surface area contributed by atoms with Crippen molar-refractivity contribution in [3.63, 3.8) is 0 Å². The van der Waals surface area contributed by atoms with Gasteiger partial charge in [0.2, 0.25) is 11.8 Å². The molecule has 1 N–H and O–H groups in total. The van der Waals surface area contributed by atoms with Crippen molar-refractivity contribution in [2.24, 2.45) is 23.2 Å². The molecule has 27 heavy (non-hydrogen) atoms. The number of amides is 2. The van der Waals surface area contributed by atoms with Crippen LogP contribution in [0.5, 0.6) is 0 Å². The van der Waals surface area contributed by atoms with Crippen LogP contribution >= 0.6 is 0 Å². The predicted octanol–water partition coefficient (Wildman–Crippen LogP) is 1.25. The van der Waals surface area contributed by atoms with Crippen LogP contribution in [0.25, 0.3) is 0 Å². The molecule has 4 bridgehead atoms. The maximum Gasteiger partial charge on any atom is 0.228 e. The number of carbonyl (C=O) groups excluding carboxylic acids is 2. The van der Waals surface area contributed by atoms with E-state index in [1.54, 1.807) is 0 Å². The smallest absolute Gasteiger partial charge is 0.228 e. The van der Waals surface area contributed by atoms with E-state index in [0.717, 1.165) is 50.2 Å². The second-order valence-electron chi connectivity index (χ2n) is 9.80. The summed E-state index contributed by atoms with van der Waals surface area (Å²) < 4.78 is 5.45. The molecule has 4 aliphatic carbocycles. The molecular formula is C21H33N3O3. The van der Waals surface area contributed by atoms with E-state index in [2.05, 4.69) is 10.2 Å². The Bertz CT molecular complexity index is 558. The third kappa shape index (κ3) is 3.39. The van der Waals surface area contributed by atoms with Gasteiger partial charge in [0.05, 0.1) is 18.6 Å². The van der Waals surface area contributed by atoms with E-state index < -0.39 is 0 Å². The molecule has 4 saturated carbocycles. The molecule has 1 atom stereocenters. The second kappa shape index (κ2) is 7.03. The maximum absolute atomic E-state index is 13.4. The Morgan fingerprint density at radius 3 is 2.07 bits per heavy atom. The number of nitrogens with zero attached hydrogens (tertiary/aromatic N) is 2. The fraction of sp³-hybridized carbons (Fsp3) is 0.905. The SMILES string of the molecule is O=C(CC1COCCN1)N1CCN(C(=O)C23CC4CC(CC(C4)C2)C3)CC1. The van der Waals surface area contributed by atoms with Crippen LogP contribution in [0.1, 0.15) is 44.9 Å². The van der Waals surface area contributed by atoms with E-state index in [-0.39, 0.29) is 17.4 Å². The Morgan fingerprint density at radius 1 is 0.926 bits per heavy atom. The fourth-order valence-electron chi connectivity index (χ4n) is 6.96. The minimum absolute atomic E-state index is 0.0513. The molecule has 0 spiro atoms. The highest BCUT2D eigenvalue weighted by Crippen LogP contribution is 2.60. The van der Waals surface area contributed by atoms with E-state index >= 15 is 0 Å². The molecule has 6 nitrogen and oxygen atoms in total. The van der Waals surface area contributed by atoms with Gasteiger partial charge in [0, 0.05) is 45.2 Å². The molecule has 6 rings (SSSR count). The van der Waals surface area contributed by atoms with Crippen molar-refractivity contribution in [3.05, 3.63) is 0 Å². The first-order valence-electron chi connectivity index (χ1n) is 11.0. The van der Waals surface area contributed by atoms with Gasteiger partial charge in [-0.05, 0) is 56.3 Å². The predicted molar refractivity (Wildman–Crippen MR) is 101 cm³/mol. The molecule has 2 aliphatic heterocycles. The number of hydrogen-bond acceptors (Lipinski definition) is 4. The minimum Gasteiger partial charge on any atom is -0.378 e. The van der Waals surface area contributed by atoms with Crippen molar-refractivity contribution in [1.29, 1.82) is 0 Å². The number of piperazine rings is 1. The lowest BCUT2D eigenvalue weighted by atomic mass is 9.49. The minimum atomic E-state index is -0.0513. The van der Waals surface area contributed by atoms with Crippen LogP contribution in [-0.2, 0) is 14.3 Å². The molecule has 150 valence electrons. The molecule has 0 aromatic rings. The number of nitrogens with one attached hydrogen (secondary N) is 1. The first kappa shape index (κ1) is 17.9. The molecule has 0 aromatic carbocycles. The van der Waals surface area contributed by atoms with E-state index in [9.17, 15) is 9.59 Å². The fourth-order valence-corrected chi connectivity index (χ4v) is 6.96. The number of morpholine rings is 1. The summed E-state index contributed by atoms with van der Waals surface area (Å²) in [6.45, 7) is 4.97. The normalized spacial score (nSPS) is 41.0. The zero-order valence-corrected chi connectivity index (χ0v) is 16.3. The number of carbonyl (C=O) groups is 2. The van der Waals surface area contributed by atoms with E-state index in [0.29, 0.717) is 45.1 Å². The van der Waals surface area contributed by atoms with Gasteiger partial charge in [0.25, 0.3) is 0 Å². The summed E-state index contributed by atoms with van der Waals surface area (Å²) in [6.07, 6.45) is 8.00. The molecule has 2 saturated heterocycles. The van der Waals surface area contributed by atoms with Crippen LogP contribution in [0, 0.1) is 23.2 Å². The third-order valence-corrected chi connectivity index (χ3v) is 7.83.